The number of aromatic nitrogens is 4. The first-order valence-electron chi connectivity index (χ1n) is 8.63. The van der Waals surface area contributed by atoms with Crippen LogP contribution in [0.25, 0.3) is 22.6 Å². The number of hydrogen-bond acceptors (Lipinski definition) is 5. The van der Waals surface area contributed by atoms with Gasteiger partial charge in [0.15, 0.2) is 0 Å². The first-order chi connectivity index (χ1) is 12.6. The van der Waals surface area contributed by atoms with Gasteiger partial charge in [0.05, 0.1) is 23.5 Å². The number of imidazole rings is 1. The van der Waals surface area contributed by atoms with E-state index in [4.69, 9.17) is 21.3 Å². The zero-order valence-corrected chi connectivity index (χ0v) is 15.4. The van der Waals surface area contributed by atoms with Gasteiger partial charge >= 0.3 is 0 Å². The van der Waals surface area contributed by atoms with Gasteiger partial charge in [0.1, 0.15) is 5.82 Å². The lowest BCUT2D eigenvalue weighted by atomic mass is 10.1. The monoisotopic (exact) mass is 369 g/mol. The van der Waals surface area contributed by atoms with Gasteiger partial charge in [0.2, 0.25) is 5.95 Å². The fourth-order valence-electron chi connectivity index (χ4n) is 3.28. The molecule has 3 aromatic rings. The number of anilines is 1. The lowest BCUT2D eigenvalue weighted by molar-refractivity contribution is -0.00571. The molecule has 2 unspecified atom stereocenters. The van der Waals surface area contributed by atoms with Gasteiger partial charge in [0.25, 0.3) is 0 Å². The van der Waals surface area contributed by atoms with Crippen molar-refractivity contribution < 1.29 is 4.74 Å². The van der Waals surface area contributed by atoms with Gasteiger partial charge in [-0.25, -0.2) is 15.0 Å². The lowest BCUT2D eigenvalue weighted by Gasteiger charge is -2.35. The molecule has 2 aromatic heterocycles. The maximum atomic E-state index is 6.05. The summed E-state index contributed by atoms with van der Waals surface area (Å²) in [5.41, 5.74) is 2.66. The molecule has 26 heavy (non-hydrogen) atoms. The van der Waals surface area contributed by atoms with E-state index in [0.717, 1.165) is 35.7 Å². The number of nitrogens with zero attached hydrogens (tertiary/aromatic N) is 4. The molecule has 4 rings (SSSR count). The SMILES string of the molecule is CC1CN(c2ncc(-c3ncc[nH]3)c(-c3ccc(Cl)cc3)n2)CC(C)O1. The van der Waals surface area contributed by atoms with Gasteiger partial charge in [-0.2, -0.15) is 0 Å². The second-order valence-corrected chi connectivity index (χ2v) is 6.98. The molecule has 0 aliphatic carbocycles. The van der Waals surface area contributed by atoms with E-state index in [1.165, 1.54) is 0 Å². The van der Waals surface area contributed by atoms with Crippen molar-refractivity contribution in [3.05, 3.63) is 47.9 Å². The molecule has 3 heterocycles. The third-order valence-electron chi connectivity index (χ3n) is 4.35. The van der Waals surface area contributed by atoms with Gasteiger partial charge in [0, 0.05) is 42.3 Å². The van der Waals surface area contributed by atoms with E-state index in [1.807, 2.05) is 30.5 Å². The molecular weight excluding hydrogens is 350 g/mol. The molecule has 1 saturated heterocycles. The Morgan fingerprint density at radius 3 is 2.50 bits per heavy atom. The molecule has 0 saturated carbocycles. The number of morpholine rings is 1. The van der Waals surface area contributed by atoms with Crippen LogP contribution in [0.4, 0.5) is 5.95 Å². The minimum atomic E-state index is 0.145. The fraction of sp³-hybridized carbons (Fsp3) is 0.316. The van der Waals surface area contributed by atoms with Gasteiger partial charge < -0.3 is 14.6 Å². The molecule has 7 heteroatoms. The quantitative estimate of drug-likeness (QED) is 0.760. The topological polar surface area (TPSA) is 66.9 Å². The summed E-state index contributed by atoms with van der Waals surface area (Å²) in [6, 6.07) is 7.66. The van der Waals surface area contributed by atoms with E-state index < -0.39 is 0 Å². The zero-order chi connectivity index (χ0) is 18.1. The number of benzene rings is 1. The van der Waals surface area contributed by atoms with E-state index in [1.54, 1.807) is 12.4 Å². The van der Waals surface area contributed by atoms with Crippen LogP contribution >= 0.6 is 11.6 Å². The van der Waals surface area contributed by atoms with Crippen molar-refractivity contribution in [3.8, 4) is 22.6 Å². The third-order valence-corrected chi connectivity index (χ3v) is 4.60. The van der Waals surface area contributed by atoms with Crippen molar-refractivity contribution in [2.75, 3.05) is 18.0 Å². The van der Waals surface area contributed by atoms with Crippen LogP contribution < -0.4 is 4.90 Å². The second kappa shape index (κ2) is 7.05. The molecule has 1 fully saturated rings. The summed E-state index contributed by atoms with van der Waals surface area (Å²) in [5, 5.41) is 0.693. The maximum Gasteiger partial charge on any atom is 0.226 e. The second-order valence-electron chi connectivity index (χ2n) is 6.54. The summed E-state index contributed by atoms with van der Waals surface area (Å²) in [5.74, 6) is 1.44. The molecule has 1 N–H and O–H groups in total. The summed E-state index contributed by atoms with van der Waals surface area (Å²) in [4.78, 5) is 19.2. The van der Waals surface area contributed by atoms with E-state index in [-0.39, 0.29) is 12.2 Å². The number of ether oxygens (including phenoxy) is 1. The van der Waals surface area contributed by atoms with Gasteiger partial charge in [-0.15, -0.1) is 0 Å². The van der Waals surface area contributed by atoms with Crippen molar-refractivity contribution in [2.24, 2.45) is 0 Å². The highest BCUT2D eigenvalue weighted by atomic mass is 35.5. The minimum absolute atomic E-state index is 0.145. The molecule has 0 bridgehead atoms. The molecule has 1 aromatic carbocycles. The Hall–Kier alpha value is -2.44. The number of H-pyrrole nitrogens is 1. The molecule has 0 spiro atoms. The van der Waals surface area contributed by atoms with Crippen LogP contribution in [-0.2, 0) is 4.74 Å². The van der Waals surface area contributed by atoms with Gasteiger partial charge in [-0.3, -0.25) is 0 Å². The van der Waals surface area contributed by atoms with Crippen LogP contribution in [0.5, 0.6) is 0 Å². The highest BCUT2D eigenvalue weighted by Crippen LogP contribution is 2.31. The van der Waals surface area contributed by atoms with Crippen molar-refractivity contribution >= 4 is 17.5 Å². The minimum Gasteiger partial charge on any atom is -0.372 e. The number of halogens is 1. The molecule has 1 aliphatic heterocycles. The van der Waals surface area contributed by atoms with Gasteiger partial charge in [-0.05, 0) is 26.0 Å². The Bertz CT molecular complexity index is 871. The Labute approximate surface area is 157 Å². The first kappa shape index (κ1) is 17.0. The molecule has 0 amide bonds. The summed E-state index contributed by atoms with van der Waals surface area (Å²) in [6.45, 7) is 5.68. The van der Waals surface area contributed by atoms with E-state index in [9.17, 15) is 0 Å². The Morgan fingerprint density at radius 1 is 1.12 bits per heavy atom. The van der Waals surface area contributed by atoms with Crippen molar-refractivity contribution in [3.63, 3.8) is 0 Å². The van der Waals surface area contributed by atoms with E-state index >= 15 is 0 Å². The standard InChI is InChI=1S/C19H20ClN5O/c1-12-10-25(11-13(2)26-12)19-23-9-16(18-21-7-8-22-18)17(24-19)14-3-5-15(20)6-4-14/h3-9,12-13H,10-11H2,1-2H3,(H,21,22). The number of rotatable bonds is 3. The average Bonchev–Trinajstić information content (AvgIpc) is 3.15. The highest BCUT2D eigenvalue weighted by Gasteiger charge is 2.25. The molecule has 2 atom stereocenters. The number of hydrogen-bond donors (Lipinski definition) is 1. The first-order valence-corrected chi connectivity index (χ1v) is 9.01. The predicted octanol–water partition coefficient (Wildman–Crippen LogP) is 3.80. The van der Waals surface area contributed by atoms with Crippen LogP contribution in [0.3, 0.4) is 0 Å². The van der Waals surface area contributed by atoms with E-state index in [2.05, 4.69) is 33.7 Å². The Kier molecular flexibility index (Phi) is 4.61. The van der Waals surface area contributed by atoms with Crippen molar-refractivity contribution in [1.82, 2.24) is 19.9 Å². The third kappa shape index (κ3) is 3.43. The molecule has 6 nitrogen and oxygen atoms in total. The molecule has 0 radical (unpaired) electrons. The van der Waals surface area contributed by atoms with Crippen molar-refractivity contribution in [2.45, 2.75) is 26.1 Å². The number of aromatic amines is 1. The largest absolute Gasteiger partial charge is 0.372 e. The van der Waals surface area contributed by atoms with Crippen LogP contribution in [0.15, 0.2) is 42.9 Å². The molecule has 134 valence electrons. The van der Waals surface area contributed by atoms with Crippen LogP contribution in [0.1, 0.15) is 13.8 Å². The Morgan fingerprint density at radius 2 is 1.85 bits per heavy atom. The smallest absolute Gasteiger partial charge is 0.226 e. The zero-order valence-electron chi connectivity index (χ0n) is 14.7. The van der Waals surface area contributed by atoms with E-state index in [0.29, 0.717) is 11.0 Å². The Balaban J connectivity index is 1.79. The summed E-state index contributed by atoms with van der Waals surface area (Å²) in [6.07, 6.45) is 5.63. The summed E-state index contributed by atoms with van der Waals surface area (Å²) >= 11 is 6.05. The lowest BCUT2D eigenvalue weighted by Crippen LogP contribution is -2.46. The summed E-state index contributed by atoms with van der Waals surface area (Å²) in [7, 11) is 0. The van der Waals surface area contributed by atoms with Crippen LogP contribution in [-0.4, -0.2) is 45.2 Å². The van der Waals surface area contributed by atoms with Gasteiger partial charge in [-0.1, -0.05) is 23.7 Å². The number of nitrogens with one attached hydrogen (secondary N) is 1. The summed E-state index contributed by atoms with van der Waals surface area (Å²) < 4.78 is 5.82. The van der Waals surface area contributed by atoms with Crippen molar-refractivity contribution in [1.29, 1.82) is 0 Å². The normalized spacial score (nSPS) is 20.3. The average molecular weight is 370 g/mol. The maximum absolute atomic E-state index is 6.05. The fourth-order valence-corrected chi connectivity index (χ4v) is 3.41. The predicted molar refractivity (Wildman–Crippen MR) is 102 cm³/mol. The van der Waals surface area contributed by atoms with Crippen LogP contribution in [0.2, 0.25) is 5.02 Å². The molecular formula is C19H20ClN5O. The highest BCUT2D eigenvalue weighted by molar-refractivity contribution is 6.30. The van der Waals surface area contributed by atoms with Crippen LogP contribution in [0, 0.1) is 0 Å². The molecule has 1 aliphatic rings.